The molecule has 0 aliphatic heterocycles. The van der Waals surface area contributed by atoms with Crippen LogP contribution in [0.25, 0.3) is 22.3 Å². The summed E-state index contributed by atoms with van der Waals surface area (Å²) in [5.74, 6) is 3.06. The Morgan fingerprint density at radius 3 is 2.86 bits per heavy atom. The van der Waals surface area contributed by atoms with Crippen molar-refractivity contribution in [3.05, 3.63) is 76.6 Å². The highest BCUT2D eigenvalue weighted by Crippen LogP contribution is 2.28. The average Bonchev–Trinajstić information content (AvgIpc) is 3.43. The standard InChI is InChI=1S/C21H17N5OS/c1-13-12-23-20(28-13)11-19-24-21(26-25-19)15-3-2-4-16(10-15)27-17-5-6-18-14(9-17)7-8-22-18/h2-10,12,22H,11H2,1H3,(H,24,25,26). The molecule has 3 heterocycles. The van der Waals surface area contributed by atoms with Gasteiger partial charge >= 0.3 is 0 Å². The van der Waals surface area contributed by atoms with Crippen LogP contribution >= 0.6 is 11.3 Å². The van der Waals surface area contributed by atoms with E-state index in [4.69, 9.17) is 4.74 Å². The lowest BCUT2D eigenvalue weighted by Gasteiger charge is -2.07. The zero-order chi connectivity index (χ0) is 18.9. The van der Waals surface area contributed by atoms with Crippen LogP contribution < -0.4 is 4.74 Å². The summed E-state index contributed by atoms with van der Waals surface area (Å²) in [6, 6.07) is 15.8. The predicted molar refractivity (Wildman–Crippen MR) is 110 cm³/mol. The molecule has 2 N–H and O–H groups in total. The Balaban J connectivity index is 1.36. The van der Waals surface area contributed by atoms with Crippen molar-refractivity contribution < 1.29 is 4.74 Å². The van der Waals surface area contributed by atoms with E-state index in [0.717, 1.165) is 44.6 Å². The molecule has 0 bridgehead atoms. The van der Waals surface area contributed by atoms with E-state index in [1.165, 1.54) is 4.88 Å². The van der Waals surface area contributed by atoms with Crippen LogP contribution in [0.15, 0.2) is 60.9 Å². The molecule has 6 nitrogen and oxygen atoms in total. The zero-order valence-corrected chi connectivity index (χ0v) is 16.0. The summed E-state index contributed by atoms with van der Waals surface area (Å²) in [5.41, 5.74) is 2.01. The number of hydrogen-bond donors (Lipinski definition) is 2. The monoisotopic (exact) mass is 387 g/mol. The molecule has 5 rings (SSSR count). The lowest BCUT2D eigenvalue weighted by Crippen LogP contribution is -1.89. The molecule has 3 aromatic heterocycles. The van der Waals surface area contributed by atoms with Gasteiger partial charge in [-0.15, -0.1) is 21.5 Å². The molecule has 0 atom stereocenters. The van der Waals surface area contributed by atoms with Crippen LogP contribution in [0.2, 0.25) is 0 Å². The number of nitrogens with one attached hydrogen (secondary N) is 2. The number of nitrogens with zero attached hydrogens (tertiary/aromatic N) is 3. The highest BCUT2D eigenvalue weighted by molar-refractivity contribution is 7.11. The molecule has 5 aromatic rings. The Morgan fingerprint density at radius 1 is 1.04 bits per heavy atom. The minimum atomic E-state index is 0.651. The van der Waals surface area contributed by atoms with E-state index in [2.05, 4.69) is 25.1 Å². The van der Waals surface area contributed by atoms with Crippen LogP contribution in [0.4, 0.5) is 0 Å². The van der Waals surface area contributed by atoms with Gasteiger partial charge in [-0.3, -0.25) is 0 Å². The smallest absolute Gasteiger partial charge is 0.161 e. The summed E-state index contributed by atoms with van der Waals surface area (Å²) in [7, 11) is 0. The van der Waals surface area contributed by atoms with Gasteiger partial charge in [-0.1, -0.05) is 12.1 Å². The van der Waals surface area contributed by atoms with Crippen molar-refractivity contribution >= 4 is 22.2 Å². The van der Waals surface area contributed by atoms with Crippen LogP contribution in [0.5, 0.6) is 11.5 Å². The molecule has 0 fully saturated rings. The van der Waals surface area contributed by atoms with Crippen LogP contribution in [-0.2, 0) is 6.42 Å². The lowest BCUT2D eigenvalue weighted by molar-refractivity contribution is 0.483. The van der Waals surface area contributed by atoms with Gasteiger partial charge in [-0.2, -0.15) is 0 Å². The van der Waals surface area contributed by atoms with Crippen molar-refractivity contribution in [3.63, 3.8) is 0 Å². The molecule has 0 saturated heterocycles. The van der Waals surface area contributed by atoms with Crippen molar-refractivity contribution in [2.24, 2.45) is 0 Å². The second kappa shape index (κ2) is 6.94. The highest BCUT2D eigenvalue weighted by Gasteiger charge is 2.09. The first-order valence-corrected chi connectivity index (χ1v) is 9.73. The Hall–Kier alpha value is -3.45. The third-order valence-electron chi connectivity index (χ3n) is 4.39. The van der Waals surface area contributed by atoms with Crippen LogP contribution in [-0.4, -0.2) is 25.1 Å². The number of fused-ring (bicyclic) bond motifs is 1. The van der Waals surface area contributed by atoms with Crippen LogP contribution in [0, 0.1) is 6.92 Å². The molecule has 0 unspecified atom stereocenters. The molecule has 28 heavy (non-hydrogen) atoms. The predicted octanol–water partition coefficient (Wildman–Crippen LogP) is 5.10. The minimum Gasteiger partial charge on any atom is -0.457 e. The molecule has 0 aliphatic carbocycles. The van der Waals surface area contributed by atoms with Gasteiger partial charge in [0.1, 0.15) is 22.3 Å². The Kier molecular flexibility index (Phi) is 4.14. The number of aromatic amines is 2. The highest BCUT2D eigenvalue weighted by atomic mass is 32.1. The summed E-state index contributed by atoms with van der Waals surface area (Å²) in [6.07, 6.45) is 4.45. The molecule has 7 heteroatoms. The quantitative estimate of drug-likeness (QED) is 0.440. The van der Waals surface area contributed by atoms with Crippen molar-refractivity contribution in [2.75, 3.05) is 0 Å². The number of rotatable bonds is 5. The van der Waals surface area contributed by atoms with Gasteiger partial charge < -0.3 is 14.7 Å². The zero-order valence-electron chi connectivity index (χ0n) is 15.1. The fourth-order valence-corrected chi connectivity index (χ4v) is 3.86. The maximum atomic E-state index is 6.04. The van der Waals surface area contributed by atoms with Crippen molar-refractivity contribution in [2.45, 2.75) is 13.3 Å². The van der Waals surface area contributed by atoms with E-state index in [1.807, 2.05) is 67.8 Å². The van der Waals surface area contributed by atoms with Gasteiger partial charge in [0, 0.05) is 33.7 Å². The number of benzene rings is 2. The van der Waals surface area contributed by atoms with Crippen LogP contribution in [0.1, 0.15) is 15.7 Å². The molecule has 0 saturated carbocycles. The number of aromatic nitrogens is 5. The van der Waals surface area contributed by atoms with Gasteiger partial charge in [-0.25, -0.2) is 4.98 Å². The maximum Gasteiger partial charge on any atom is 0.161 e. The maximum absolute atomic E-state index is 6.04. The summed E-state index contributed by atoms with van der Waals surface area (Å²) in [4.78, 5) is 12.0. The second-order valence-electron chi connectivity index (χ2n) is 6.52. The third-order valence-corrected chi connectivity index (χ3v) is 5.30. The molecule has 0 spiro atoms. The Labute approximate surface area is 165 Å². The Morgan fingerprint density at radius 2 is 1.96 bits per heavy atom. The van der Waals surface area contributed by atoms with Gasteiger partial charge in [-0.05, 0) is 43.3 Å². The topological polar surface area (TPSA) is 79.5 Å². The summed E-state index contributed by atoms with van der Waals surface area (Å²) in [5, 5.41) is 10.7. The average molecular weight is 387 g/mol. The van der Waals surface area contributed by atoms with Gasteiger partial charge in [0.25, 0.3) is 0 Å². The summed E-state index contributed by atoms with van der Waals surface area (Å²) in [6.45, 7) is 2.05. The largest absolute Gasteiger partial charge is 0.457 e. The molecule has 138 valence electrons. The normalized spacial score (nSPS) is 11.2. The molecular formula is C21H17N5OS. The number of ether oxygens (including phenoxy) is 1. The fraction of sp³-hybridized carbons (Fsp3) is 0.0952. The number of hydrogen-bond acceptors (Lipinski definition) is 5. The van der Waals surface area contributed by atoms with Gasteiger partial charge in [0.05, 0.1) is 6.42 Å². The van der Waals surface area contributed by atoms with E-state index >= 15 is 0 Å². The first-order chi connectivity index (χ1) is 13.7. The van der Waals surface area contributed by atoms with E-state index in [-0.39, 0.29) is 0 Å². The van der Waals surface area contributed by atoms with Crippen molar-refractivity contribution in [3.8, 4) is 22.9 Å². The van der Waals surface area contributed by atoms with Crippen molar-refractivity contribution in [1.82, 2.24) is 25.1 Å². The summed E-state index contributed by atoms with van der Waals surface area (Å²) >= 11 is 1.67. The summed E-state index contributed by atoms with van der Waals surface area (Å²) < 4.78 is 6.04. The first-order valence-electron chi connectivity index (χ1n) is 8.91. The van der Waals surface area contributed by atoms with E-state index in [1.54, 1.807) is 11.3 Å². The van der Waals surface area contributed by atoms with Crippen LogP contribution in [0.3, 0.4) is 0 Å². The van der Waals surface area contributed by atoms with E-state index in [0.29, 0.717) is 6.42 Å². The minimum absolute atomic E-state index is 0.651. The Bertz CT molecular complexity index is 1250. The SMILES string of the molecule is Cc1cnc(Cc2nnc(-c3cccc(Oc4ccc5[nH]ccc5c4)c3)[nH]2)s1. The molecular weight excluding hydrogens is 370 g/mol. The van der Waals surface area contributed by atoms with Gasteiger partial charge in [0.2, 0.25) is 0 Å². The molecule has 0 radical (unpaired) electrons. The lowest BCUT2D eigenvalue weighted by atomic mass is 10.2. The fourth-order valence-electron chi connectivity index (χ4n) is 3.07. The molecule has 2 aromatic carbocycles. The first kappa shape index (κ1) is 16.7. The molecule has 0 amide bonds. The van der Waals surface area contributed by atoms with E-state index < -0.39 is 0 Å². The van der Waals surface area contributed by atoms with E-state index in [9.17, 15) is 0 Å². The third kappa shape index (κ3) is 3.39. The van der Waals surface area contributed by atoms with Crippen molar-refractivity contribution in [1.29, 1.82) is 0 Å². The number of thiazole rings is 1. The molecule has 0 aliphatic rings. The number of H-pyrrole nitrogens is 2. The van der Waals surface area contributed by atoms with Gasteiger partial charge in [0.15, 0.2) is 5.82 Å². The number of aryl methyl sites for hydroxylation is 1. The second-order valence-corrected chi connectivity index (χ2v) is 7.84.